The van der Waals surface area contributed by atoms with Crippen molar-refractivity contribution >= 4 is 11.9 Å². The monoisotopic (exact) mass is 198 g/mol. The molecule has 0 fully saturated rings. The summed E-state index contributed by atoms with van der Waals surface area (Å²) >= 11 is 0. The highest BCUT2D eigenvalue weighted by Crippen LogP contribution is 1.97. The van der Waals surface area contributed by atoms with Gasteiger partial charge in [-0.1, -0.05) is 12.1 Å². The van der Waals surface area contributed by atoms with Crippen LogP contribution in [0.4, 0.5) is 0 Å². The molecule has 6 nitrogen and oxygen atoms in total. The third-order valence-corrected chi connectivity index (χ3v) is 1.65. The number of carbonyl (C=O) groups is 2. The van der Waals surface area contributed by atoms with Gasteiger partial charge in [0.2, 0.25) is 5.76 Å². The molecule has 1 amide bonds. The Kier molecular flexibility index (Phi) is 3.22. The Bertz CT molecular complexity index is 320. The quantitative estimate of drug-likeness (QED) is 0.717. The maximum Gasteiger partial charge on any atom is 0.308 e. The minimum Gasteiger partial charge on any atom is -0.481 e. The molecular weight excluding hydrogens is 188 g/mol. The van der Waals surface area contributed by atoms with E-state index in [0.717, 1.165) is 0 Å². The number of carboxylic acids is 1. The van der Waals surface area contributed by atoms with Crippen LogP contribution in [0.5, 0.6) is 0 Å². The highest BCUT2D eigenvalue weighted by molar-refractivity contribution is 5.91. The molecule has 1 atom stereocenters. The lowest BCUT2D eigenvalue weighted by molar-refractivity contribution is -0.140. The second-order valence-corrected chi connectivity index (χ2v) is 2.83. The fraction of sp³-hybridized carbons (Fsp3) is 0.375. The standard InChI is InChI=1S/C8H10N2O4/c1-5(8(12)13)4-9-7(11)6-2-3-10-14-6/h2-3,5H,4H2,1H3,(H,9,11)(H,12,13). The van der Waals surface area contributed by atoms with Gasteiger partial charge in [0.1, 0.15) is 0 Å². The summed E-state index contributed by atoms with van der Waals surface area (Å²) in [5.41, 5.74) is 0. The Hall–Kier alpha value is -1.85. The van der Waals surface area contributed by atoms with Crippen molar-refractivity contribution in [3.63, 3.8) is 0 Å². The largest absolute Gasteiger partial charge is 0.481 e. The highest BCUT2D eigenvalue weighted by atomic mass is 16.5. The van der Waals surface area contributed by atoms with Gasteiger partial charge in [0.05, 0.1) is 12.1 Å². The summed E-state index contributed by atoms with van der Waals surface area (Å²) in [4.78, 5) is 21.6. The first-order valence-corrected chi connectivity index (χ1v) is 4.03. The number of aliphatic carboxylic acids is 1. The van der Waals surface area contributed by atoms with Gasteiger partial charge in [-0.2, -0.15) is 0 Å². The lowest BCUT2D eigenvalue weighted by Gasteiger charge is -2.05. The SMILES string of the molecule is CC(CNC(=O)c1ccno1)C(=O)O. The average molecular weight is 198 g/mol. The summed E-state index contributed by atoms with van der Waals surface area (Å²) in [7, 11) is 0. The highest BCUT2D eigenvalue weighted by Gasteiger charge is 2.14. The van der Waals surface area contributed by atoms with E-state index >= 15 is 0 Å². The van der Waals surface area contributed by atoms with Gasteiger partial charge >= 0.3 is 5.97 Å². The van der Waals surface area contributed by atoms with Crippen molar-refractivity contribution in [3.05, 3.63) is 18.0 Å². The van der Waals surface area contributed by atoms with Crippen LogP contribution in [0.2, 0.25) is 0 Å². The molecule has 0 aliphatic carbocycles. The van der Waals surface area contributed by atoms with E-state index in [-0.39, 0.29) is 12.3 Å². The van der Waals surface area contributed by atoms with Gasteiger partial charge in [0, 0.05) is 12.6 Å². The third kappa shape index (κ3) is 2.58. The molecule has 0 aromatic carbocycles. The molecule has 1 heterocycles. The molecule has 0 radical (unpaired) electrons. The summed E-state index contributed by atoms with van der Waals surface area (Å²) in [6.45, 7) is 1.57. The summed E-state index contributed by atoms with van der Waals surface area (Å²) in [6, 6.07) is 1.40. The number of rotatable bonds is 4. The van der Waals surface area contributed by atoms with Crippen LogP contribution in [-0.2, 0) is 4.79 Å². The molecule has 0 bridgehead atoms. The molecule has 1 aromatic rings. The lowest BCUT2D eigenvalue weighted by Crippen LogP contribution is -2.31. The molecule has 0 spiro atoms. The first kappa shape index (κ1) is 10.2. The van der Waals surface area contributed by atoms with Gasteiger partial charge < -0.3 is 14.9 Å². The summed E-state index contributed by atoms with van der Waals surface area (Å²) in [5.74, 6) is -1.97. The molecule has 76 valence electrons. The Morgan fingerprint density at radius 2 is 2.43 bits per heavy atom. The summed E-state index contributed by atoms with van der Waals surface area (Å²) in [6.07, 6.45) is 1.34. The fourth-order valence-electron chi connectivity index (χ4n) is 0.753. The van der Waals surface area contributed by atoms with Crippen molar-refractivity contribution in [1.29, 1.82) is 0 Å². The van der Waals surface area contributed by atoms with Crippen molar-refractivity contribution in [2.24, 2.45) is 5.92 Å². The minimum atomic E-state index is -0.956. The number of nitrogens with zero attached hydrogens (tertiary/aromatic N) is 1. The van der Waals surface area contributed by atoms with E-state index in [0.29, 0.717) is 0 Å². The van der Waals surface area contributed by atoms with Crippen LogP contribution in [0.15, 0.2) is 16.8 Å². The molecule has 0 saturated heterocycles. The van der Waals surface area contributed by atoms with E-state index in [1.165, 1.54) is 19.2 Å². The van der Waals surface area contributed by atoms with E-state index in [4.69, 9.17) is 5.11 Å². The summed E-state index contributed by atoms with van der Waals surface area (Å²) in [5, 5.41) is 14.3. The molecule has 1 unspecified atom stereocenters. The van der Waals surface area contributed by atoms with Crippen LogP contribution in [0, 0.1) is 5.92 Å². The van der Waals surface area contributed by atoms with Gasteiger partial charge in [-0.05, 0) is 0 Å². The second-order valence-electron chi connectivity index (χ2n) is 2.83. The van der Waals surface area contributed by atoms with Gasteiger partial charge in [-0.3, -0.25) is 9.59 Å². The zero-order chi connectivity index (χ0) is 10.6. The lowest BCUT2D eigenvalue weighted by atomic mass is 10.2. The predicted octanol–water partition coefficient (Wildman–Crippen LogP) is 0.125. The van der Waals surface area contributed by atoms with E-state index in [1.54, 1.807) is 0 Å². The Morgan fingerprint density at radius 1 is 1.71 bits per heavy atom. The van der Waals surface area contributed by atoms with Gasteiger partial charge in [-0.15, -0.1) is 0 Å². The molecule has 1 rings (SSSR count). The number of aromatic nitrogens is 1. The molecule has 6 heteroatoms. The van der Waals surface area contributed by atoms with Crippen LogP contribution < -0.4 is 5.32 Å². The van der Waals surface area contributed by atoms with E-state index in [9.17, 15) is 9.59 Å². The summed E-state index contributed by atoms with van der Waals surface area (Å²) < 4.78 is 4.58. The molecule has 0 aliphatic heterocycles. The van der Waals surface area contributed by atoms with Crippen LogP contribution in [0.3, 0.4) is 0 Å². The van der Waals surface area contributed by atoms with E-state index < -0.39 is 17.8 Å². The zero-order valence-corrected chi connectivity index (χ0v) is 7.56. The minimum absolute atomic E-state index is 0.0644. The van der Waals surface area contributed by atoms with Crippen molar-refractivity contribution < 1.29 is 19.2 Å². The van der Waals surface area contributed by atoms with Crippen molar-refractivity contribution in [1.82, 2.24) is 10.5 Å². The maximum absolute atomic E-state index is 11.2. The molecule has 2 N–H and O–H groups in total. The molecule has 14 heavy (non-hydrogen) atoms. The maximum atomic E-state index is 11.2. The number of hydrogen-bond donors (Lipinski definition) is 2. The van der Waals surface area contributed by atoms with Crippen LogP contribution in [0.1, 0.15) is 17.5 Å². The number of carbonyl (C=O) groups excluding carboxylic acids is 1. The van der Waals surface area contributed by atoms with E-state index in [1.807, 2.05) is 0 Å². The number of carboxylic acid groups (broad SMARTS) is 1. The molecule has 0 saturated carbocycles. The van der Waals surface area contributed by atoms with Gasteiger partial charge in [0.15, 0.2) is 0 Å². The topological polar surface area (TPSA) is 92.4 Å². The van der Waals surface area contributed by atoms with Crippen LogP contribution in [0.25, 0.3) is 0 Å². The van der Waals surface area contributed by atoms with E-state index in [2.05, 4.69) is 15.0 Å². The predicted molar refractivity (Wildman–Crippen MR) is 45.6 cm³/mol. The molecule has 0 aliphatic rings. The molecular formula is C8H10N2O4. The zero-order valence-electron chi connectivity index (χ0n) is 7.56. The smallest absolute Gasteiger partial charge is 0.308 e. The average Bonchev–Trinajstić information content (AvgIpc) is 2.66. The number of hydrogen-bond acceptors (Lipinski definition) is 4. The fourth-order valence-corrected chi connectivity index (χ4v) is 0.753. The van der Waals surface area contributed by atoms with Crippen LogP contribution in [-0.4, -0.2) is 28.7 Å². The first-order chi connectivity index (χ1) is 6.61. The van der Waals surface area contributed by atoms with Gasteiger partial charge in [0.25, 0.3) is 5.91 Å². The normalized spacial score (nSPS) is 12.1. The van der Waals surface area contributed by atoms with Crippen LogP contribution >= 0.6 is 0 Å². The Morgan fingerprint density at radius 3 is 2.93 bits per heavy atom. The van der Waals surface area contributed by atoms with Crippen molar-refractivity contribution in [3.8, 4) is 0 Å². The first-order valence-electron chi connectivity index (χ1n) is 4.03. The molecule has 1 aromatic heterocycles. The number of nitrogens with one attached hydrogen (secondary N) is 1. The Labute approximate surface area is 79.9 Å². The third-order valence-electron chi connectivity index (χ3n) is 1.65. The van der Waals surface area contributed by atoms with Gasteiger partial charge in [-0.25, -0.2) is 0 Å². The van der Waals surface area contributed by atoms with Crippen molar-refractivity contribution in [2.75, 3.05) is 6.54 Å². The van der Waals surface area contributed by atoms with Crippen molar-refractivity contribution in [2.45, 2.75) is 6.92 Å². The second kappa shape index (κ2) is 4.40. The number of amides is 1. The Balaban J connectivity index is 2.40.